The van der Waals surface area contributed by atoms with Gasteiger partial charge in [0.15, 0.2) is 0 Å². The predicted molar refractivity (Wildman–Crippen MR) is 137 cm³/mol. The molecule has 5 fully saturated rings. The van der Waals surface area contributed by atoms with Gasteiger partial charge in [-0.25, -0.2) is 4.98 Å². The molecular weight excluding hydrogens is 448 g/mol. The zero-order valence-corrected chi connectivity index (χ0v) is 20.8. The molecule has 4 aliphatic carbocycles. The van der Waals surface area contributed by atoms with E-state index < -0.39 is 0 Å². The number of carbonyl (C=O) groups is 2. The number of piperidine rings is 1. The molecule has 2 heterocycles. The van der Waals surface area contributed by atoms with E-state index in [-0.39, 0.29) is 11.5 Å². The van der Waals surface area contributed by atoms with Gasteiger partial charge in [0.2, 0.25) is 5.91 Å². The van der Waals surface area contributed by atoms with Crippen LogP contribution in [0.25, 0.3) is 0 Å². The van der Waals surface area contributed by atoms with E-state index in [9.17, 15) is 14.9 Å². The number of carbonyl (C=O) groups excluding carboxylic acids is 2. The van der Waals surface area contributed by atoms with Crippen molar-refractivity contribution >= 4 is 18.0 Å². The van der Waals surface area contributed by atoms with E-state index in [0.29, 0.717) is 23.6 Å². The molecule has 1 saturated heterocycles. The highest BCUT2D eigenvalue weighted by molar-refractivity contribution is 5.84. The van der Waals surface area contributed by atoms with Gasteiger partial charge in [-0.3, -0.25) is 9.59 Å². The summed E-state index contributed by atoms with van der Waals surface area (Å²) in [6.45, 7) is 2.16. The lowest BCUT2D eigenvalue weighted by Gasteiger charge is -2.57. The molecule has 1 amide bonds. The molecule has 36 heavy (non-hydrogen) atoms. The van der Waals surface area contributed by atoms with Crippen LogP contribution in [0.1, 0.15) is 72.9 Å². The van der Waals surface area contributed by atoms with Gasteiger partial charge in [-0.05, 0) is 86.8 Å². The number of nitriles is 1. The smallest absolute Gasteiger partial charge is 0.229 e. The second kappa shape index (κ2) is 9.35. The quantitative estimate of drug-likeness (QED) is 0.543. The Morgan fingerprint density at radius 3 is 2.28 bits per heavy atom. The van der Waals surface area contributed by atoms with Crippen LogP contribution in [-0.2, 0) is 11.3 Å². The first kappa shape index (κ1) is 23.2. The Morgan fingerprint density at radius 1 is 1.06 bits per heavy atom. The molecule has 4 saturated carbocycles. The number of anilines is 1. The van der Waals surface area contributed by atoms with Gasteiger partial charge in [-0.1, -0.05) is 24.3 Å². The normalized spacial score (nSPS) is 29.1. The lowest BCUT2D eigenvalue weighted by Crippen LogP contribution is -2.57. The van der Waals surface area contributed by atoms with Crippen molar-refractivity contribution in [3.05, 3.63) is 59.3 Å². The van der Waals surface area contributed by atoms with Crippen LogP contribution >= 0.6 is 0 Å². The molecule has 0 N–H and O–H groups in total. The van der Waals surface area contributed by atoms with Crippen molar-refractivity contribution in [2.45, 2.75) is 64.0 Å². The van der Waals surface area contributed by atoms with Crippen LogP contribution in [-0.4, -0.2) is 41.2 Å². The van der Waals surface area contributed by atoms with Crippen LogP contribution in [0.4, 0.5) is 5.82 Å². The zero-order chi connectivity index (χ0) is 24.7. The zero-order valence-electron chi connectivity index (χ0n) is 20.8. The van der Waals surface area contributed by atoms with Crippen LogP contribution in [0.3, 0.4) is 0 Å². The topological polar surface area (TPSA) is 77.3 Å². The van der Waals surface area contributed by atoms with Gasteiger partial charge in [0.25, 0.3) is 0 Å². The van der Waals surface area contributed by atoms with E-state index >= 15 is 0 Å². The van der Waals surface area contributed by atoms with E-state index in [1.807, 2.05) is 30.3 Å². The minimum atomic E-state index is -0.177. The summed E-state index contributed by atoms with van der Waals surface area (Å²) in [6.07, 6.45) is 11.5. The summed E-state index contributed by atoms with van der Waals surface area (Å²) >= 11 is 0. The number of nitrogens with zero attached hydrogens (tertiary/aromatic N) is 4. The summed E-state index contributed by atoms with van der Waals surface area (Å²) in [7, 11) is 0. The highest BCUT2D eigenvalue weighted by atomic mass is 16.2. The van der Waals surface area contributed by atoms with Crippen LogP contribution in [0.15, 0.2) is 42.6 Å². The highest BCUT2D eigenvalue weighted by Crippen LogP contribution is 2.60. The third-order valence-electron chi connectivity index (χ3n) is 9.33. The molecule has 0 radical (unpaired) electrons. The van der Waals surface area contributed by atoms with Crippen LogP contribution in [0.2, 0.25) is 0 Å². The average molecular weight is 483 g/mol. The fourth-order valence-electron chi connectivity index (χ4n) is 8.07. The van der Waals surface area contributed by atoms with Crippen molar-refractivity contribution < 1.29 is 9.59 Å². The number of benzene rings is 1. The lowest BCUT2D eigenvalue weighted by atomic mass is 9.49. The Bertz CT molecular complexity index is 1140. The lowest BCUT2D eigenvalue weighted by molar-refractivity contribution is -0.161. The summed E-state index contributed by atoms with van der Waals surface area (Å²) < 4.78 is 0. The fourth-order valence-corrected chi connectivity index (χ4v) is 8.07. The molecule has 6 heteroatoms. The molecular formula is C30H34N4O2. The number of aromatic nitrogens is 1. The van der Waals surface area contributed by atoms with Gasteiger partial charge in [-0.2, -0.15) is 5.26 Å². The van der Waals surface area contributed by atoms with Crippen LogP contribution in [0, 0.1) is 34.5 Å². The fraction of sp³-hybridized carbons (Fsp3) is 0.533. The Balaban J connectivity index is 1.25. The Labute approximate surface area is 213 Å². The predicted octanol–water partition coefficient (Wildman–Crippen LogP) is 4.98. The van der Waals surface area contributed by atoms with Crippen molar-refractivity contribution in [1.82, 2.24) is 9.88 Å². The summed E-state index contributed by atoms with van der Waals surface area (Å²) in [4.78, 5) is 34.5. The van der Waals surface area contributed by atoms with Crippen molar-refractivity contribution in [3.8, 4) is 6.07 Å². The van der Waals surface area contributed by atoms with Gasteiger partial charge in [0, 0.05) is 37.4 Å². The summed E-state index contributed by atoms with van der Waals surface area (Å²) in [5.74, 6) is 3.30. The van der Waals surface area contributed by atoms with Crippen molar-refractivity contribution in [2.24, 2.45) is 23.2 Å². The largest absolute Gasteiger partial charge is 0.355 e. The minimum Gasteiger partial charge on any atom is -0.355 e. The summed E-state index contributed by atoms with van der Waals surface area (Å²) in [6, 6.07) is 13.7. The van der Waals surface area contributed by atoms with Crippen molar-refractivity contribution in [2.75, 3.05) is 18.0 Å². The molecule has 1 aromatic carbocycles. The average Bonchev–Trinajstić information content (AvgIpc) is 2.91. The maximum atomic E-state index is 14.5. The Kier molecular flexibility index (Phi) is 6.03. The second-order valence-corrected chi connectivity index (χ2v) is 11.7. The summed E-state index contributed by atoms with van der Waals surface area (Å²) in [5, 5.41) is 9.52. The van der Waals surface area contributed by atoms with Gasteiger partial charge in [0.1, 0.15) is 18.2 Å². The molecule has 186 valence electrons. The van der Waals surface area contributed by atoms with Crippen LogP contribution in [0.5, 0.6) is 0 Å². The van der Waals surface area contributed by atoms with Crippen molar-refractivity contribution in [1.29, 1.82) is 5.26 Å². The Hall–Kier alpha value is -3.20. The molecule has 5 aliphatic rings. The number of pyridine rings is 1. The van der Waals surface area contributed by atoms with E-state index in [1.165, 1.54) is 19.3 Å². The molecule has 0 atom stereocenters. The van der Waals surface area contributed by atoms with E-state index in [2.05, 4.69) is 20.9 Å². The first-order valence-corrected chi connectivity index (χ1v) is 13.5. The highest BCUT2D eigenvalue weighted by Gasteiger charge is 2.56. The maximum Gasteiger partial charge on any atom is 0.229 e. The number of amides is 1. The molecule has 1 aliphatic heterocycles. The summed E-state index contributed by atoms with van der Waals surface area (Å²) in [5.41, 5.74) is 2.17. The SMILES string of the molecule is N#Cc1cccnc1N1CCC(N(Cc2ccc(C=O)cc2)C(=O)C23CC4CC(CC(C4)C2)C3)CC1. The van der Waals surface area contributed by atoms with Gasteiger partial charge >= 0.3 is 0 Å². The second-order valence-electron chi connectivity index (χ2n) is 11.7. The first-order valence-electron chi connectivity index (χ1n) is 13.5. The number of hydrogen-bond acceptors (Lipinski definition) is 5. The minimum absolute atomic E-state index is 0.168. The van der Waals surface area contributed by atoms with E-state index in [4.69, 9.17) is 0 Å². The monoisotopic (exact) mass is 482 g/mol. The van der Waals surface area contributed by atoms with Gasteiger partial charge in [-0.15, -0.1) is 0 Å². The van der Waals surface area contributed by atoms with Gasteiger partial charge < -0.3 is 9.80 Å². The van der Waals surface area contributed by atoms with E-state index in [0.717, 1.165) is 80.6 Å². The number of hydrogen-bond donors (Lipinski definition) is 0. The molecule has 4 bridgehead atoms. The molecule has 1 aromatic heterocycles. The molecule has 2 aromatic rings. The third kappa shape index (κ3) is 4.19. The third-order valence-corrected chi connectivity index (χ3v) is 9.33. The maximum absolute atomic E-state index is 14.5. The van der Waals surface area contributed by atoms with Gasteiger partial charge in [0.05, 0.1) is 11.0 Å². The Morgan fingerprint density at radius 2 is 1.69 bits per heavy atom. The van der Waals surface area contributed by atoms with Crippen LogP contribution < -0.4 is 4.90 Å². The number of aldehydes is 1. The molecule has 0 spiro atoms. The molecule has 0 unspecified atom stereocenters. The van der Waals surface area contributed by atoms with Crippen molar-refractivity contribution in [3.63, 3.8) is 0 Å². The number of rotatable bonds is 6. The standard InChI is InChI=1S/C30H34N4O2/c31-18-26-2-1-9-32-28(26)33-10-7-27(8-11-33)34(19-21-3-5-22(20-35)6-4-21)29(36)30-15-23-12-24(16-30)14-25(13-23)17-30/h1-6,9,20,23-25,27H,7-8,10-17,19H2. The first-order chi connectivity index (χ1) is 17.6. The van der Waals surface area contributed by atoms with E-state index in [1.54, 1.807) is 12.3 Å². The molecule has 6 nitrogen and oxygen atoms in total. The molecule has 7 rings (SSSR count).